The third kappa shape index (κ3) is 3.21. The number of rotatable bonds is 4. The molecule has 1 rings (SSSR count). The predicted molar refractivity (Wildman–Crippen MR) is 58.0 cm³/mol. The Hall–Kier alpha value is -1.07. The van der Waals surface area contributed by atoms with Gasteiger partial charge < -0.3 is 14.9 Å². The number of halogens is 1. The van der Waals surface area contributed by atoms with E-state index < -0.39 is 12.1 Å². The number of carboxylic acids is 1. The van der Waals surface area contributed by atoms with Crippen LogP contribution in [0.3, 0.4) is 0 Å². The lowest BCUT2D eigenvalue weighted by atomic mass is 10.1. The Morgan fingerprint density at radius 3 is 2.73 bits per heavy atom. The van der Waals surface area contributed by atoms with E-state index in [0.29, 0.717) is 5.75 Å². The van der Waals surface area contributed by atoms with Crippen LogP contribution < -0.4 is 4.74 Å². The molecule has 4 nitrogen and oxygen atoms in total. The second-order valence-corrected chi connectivity index (χ2v) is 3.88. The SMILES string of the molecule is COc1ccc(CC(O)C(=O)O)cc1Br. The van der Waals surface area contributed by atoms with Crippen LogP contribution in [-0.2, 0) is 11.2 Å². The maximum Gasteiger partial charge on any atom is 0.332 e. The zero-order valence-corrected chi connectivity index (χ0v) is 9.69. The highest BCUT2D eigenvalue weighted by Gasteiger charge is 2.14. The summed E-state index contributed by atoms with van der Waals surface area (Å²) < 4.78 is 5.76. The summed E-state index contributed by atoms with van der Waals surface area (Å²) in [6, 6.07) is 5.16. The predicted octanol–water partition coefficient (Wildman–Crippen LogP) is 1.45. The Bertz CT molecular complexity index is 364. The van der Waals surface area contributed by atoms with Gasteiger partial charge in [-0.05, 0) is 33.6 Å². The first kappa shape index (κ1) is 12.0. The number of carbonyl (C=O) groups is 1. The van der Waals surface area contributed by atoms with E-state index in [1.165, 1.54) is 0 Å². The molecule has 0 aliphatic heterocycles. The van der Waals surface area contributed by atoms with E-state index >= 15 is 0 Å². The molecule has 0 spiro atoms. The van der Waals surface area contributed by atoms with Gasteiger partial charge >= 0.3 is 5.97 Å². The Balaban J connectivity index is 2.79. The maximum absolute atomic E-state index is 10.4. The summed E-state index contributed by atoms with van der Waals surface area (Å²) in [5.41, 5.74) is 0.734. The Morgan fingerprint density at radius 2 is 2.27 bits per heavy atom. The van der Waals surface area contributed by atoms with Crippen molar-refractivity contribution < 1.29 is 19.7 Å². The van der Waals surface area contributed by atoms with Crippen LogP contribution in [0.2, 0.25) is 0 Å². The molecule has 82 valence electrons. The fraction of sp³-hybridized carbons (Fsp3) is 0.300. The summed E-state index contributed by atoms with van der Waals surface area (Å²) in [6.07, 6.45) is -1.29. The lowest BCUT2D eigenvalue weighted by Crippen LogP contribution is -2.21. The number of methoxy groups -OCH3 is 1. The van der Waals surface area contributed by atoms with Crippen molar-refractivity contribution in [2.75, 3.05) is 7.11 Å². The average Bonchev–Trinajstić information content (AvgIpc) is 2.18. The molecule has 0 amide bonds. The first-order valence-corrected chi connectivity index (χ1v) is 5.07. The minimum absolute atomic E-state index is 0.0813. The standard InChI is InChI=1S/C10H11BrO4/c1-15-9-3-2-6(4-7(9)11)5-8(12)10(13)14/h2-4,8,12H,5H2,1H3,(H,13,14). The molecular formula is C10H11BrO4. The number of ether oxygens (including phenoxy) is 1. The topological polar surface area (TPSA) is 66.8 Å². The average molecular weight is 275 g/mol. The smallest absolute Gasteiger partial charge is 0.332 e. The Kier molecular flexibility index (Phi) is 4.11. The van der Waals surface area contributed by atoms with Gasteiger partial charge in [0.05, 0.1) is 11.6 Å². The molecular weight excluding hydrogens is 264 g/mol. The van der Waals surface area contributed by atoms with Gasteiger partial charge in [-0.3, -0.25) is 0 Å². The molecule has 1 unspecified atom stereocenters. The highest BCUT2D eigenvalue weighted by atomic mass is 79.9. The highest BCUT2D eigenvalue weighted by Crippen LogP contribution is 2.25. The van der Waals surface area contributed by atoms with Crippen LogP contribution in [0.15, 0.2) is 22.7 Å². The normalized spacial score (nSPS) is 12.2. The summed E-state index contributed by atoms with van der Waals surface area (Å²) in [5.74, 6) is -0.550. The molecule has 0 heterocycles. The van der Waals surface area contributed by atoms with Crippen molar-refractivity contribution in [2.45, 2.75) is 12.5 Å². The summed E-state index contributed by atoms with van der Waals surface area (Å²) in [7, 11) is 1.55. The second-order valence-electron chi connectivity index (χ2n) is 3.03. The van der Waals surface area contributed by atoms with E-state index in [2.05, 4.69) is 15.9 Å². The van der Waals surface area contributed by atoms with Crippen LogP contribution in [0.1, 0.15) is 5.56 Å². The monoisotopic (exact) mass is 274 g/mol. The third-order valence-electron chi connectivity index (χ3n) is 1.93. The van der Waals surface area contributed by atoms with Crippen LogP contribution in [0.25, 0.3) is 0 Å². The van der Waals surface area contributed by atoms with Gasteiger partial charge in [0.1, 0.15) is 5.75 Å². The molecule has 0 radical (unpaired) electrons. The molecule has 0 saturated carbocycles. The molecule has 5 heteroatoms. The number of benzene rings is 1. The van der Waals surface area contributed by atoms with Crippen LogP contribution in [0, 0.1) is 0 Å². The zero-order chi connectivity index (χ0) is 11.4. The molecule has 0 aliphatic carbocycles. The largest absolute Gasteiger partial charge is 0.496 e. The molecule has 1 atom stereocenters. The van der Waals surface area contributed by atoms with Crippen molar-refractivity contribution in [3.63, 3.8) is 0 Å². The number of aliphatic hydroxyl groups excluding tert-OH is 1. The van der Waals surface area contributed by atoms with Gasteiger partial charge in [0.25, 0.3) is 0 Å². The molecule has 1 aromatic rings. The van der Waals surface area contributed by atoms with Crippen molar-refractivity contribution in [3.8, 4) is 5.75 Å². The number of aliphatic carboxylic acids is 1. The highest BCUT2D eigenvalue weighted by molar-refractivity contribution is 9.10. The van der Waals surface area contributed by atoms with E-state index in [1.54, 1.807) is 25.3 Å². The number of hydrogen-bond donors (Lipinski definition) is 2. The van der Waals surface area contributed by atoms with Gasteiger partial charge in [-0.1, -0.05) is 6.07 Å². The molecule has 0 aromatic heterocycles. The number of aliphatic hydroxyl groups is 1. The fourth-order valence-electron chi connectivity index (χ4n) is 1.15. The van der Waals surface area contributed by atoms with E-state index in [4.69, 9.17) is 14.9 Å². The minimum Gasteiger partial charge on any atom is -0.496 e. The molecule has 2 N–H and O–H groups in total. The lowest BCUT2D eigenvalue weighted by Gasteiger charge is -2.08. The van der Waals surface area contributed by atoms with E-state index in [9.17, 15) is 4.79 Å². The minimum atomic E-state index is -1.37. The second kappa shape index (κ2) is 5.14. The summed E-state index contributed by atoms with van der Waals surface area (Å²) in [4.78, 5) is 10.4. The van der Waals surface area contributed by atoms with Crippen molar-refractivity contribution in [1.82, 2.24) is 0 Å². The van der Waals surface area contributed by atoms with Crippen LogP contribution in [-0.4, -0.2) is 29.4 Å². The third-order valence-corrected chi connectivity index (χ3v) is 2.55. The summed E-state index contributed by atoms with van der Waals surface area (Å²) >= 11 is 3.28. The van der Waals surface area contributed by atoms with Gasteiger partial charge in [0.15, 0.2) is 6.10 Å². The van der Waals surface area contributed by atoms with Gasteiger partial charge in [0, 0.05) is 6.42 Å². The maximum atomic E-state index is 10.4. The van der Waals surface area contributed by atoms with Gasteiger partial charge in [0.2, 0.25) is 0 Å². The summed E-state index contributed by atoms with van der Waals surface area (Å²) in [5, 5.41) is 17.7. The van der Waals surface area contributed by atoms with Crippen molar-refractivity contribution >= 4 is 21.9 Å². The van der Waals surface area contributed by atoms with Crippen molar-refractivity contribution in [3.05, 3.63) is 28.2 Å². The molecule has 1 aromatic carbocycles. The van der Waals surface area contributed by atoms with E-state index in [1.807, 2.05) is 0 Å². The summed E-state index contributed by atoms with van der Waals surface area (Å²) in [6.45, 7) is 0. The molecule has 0 bridgehead atoms. The van der Waals surface area contributed by atoms with Gasteiger partial charge in [-0.25, -0.2) is 4.79 Å². The lowest BCUT2D eigenvalue weighted by molar-refractivity contribution is -0.146. The first-order chi connectivity index (χ1) is 7.04. The van der Waals surface area contributed by atoms with E-state index in [0.717, 1.165) is 10.0 Å². The molecule has 15 heavy (non-hydrogen) atoms. The van der Waals surface area contributed by atoms with Gasteiger partial charge in [-0.15, -0.1) is 0 Å². The number of hydrogen-bond acceptors (Lipinski definition) is 3. The van der Waals surface area contributed by atoms with Crippen LogP contribution in [0.5, 0.6) is 5.75 Å². The number of carboxylic acid groups (broad SMARTS) is 1. The molecule has 0 fully saturated rings. The van der Waals surface area contributed by atoms with Crippen molar-refractivity contribution in [1.29, 1.82) is 0 Å². The van der Waals surface area contributed by atoms with Crippen LogP contribution >= 0.6 is 15.9 Å². The zero-order valence-electron chi connectivity index (χ0n) is 8.11. The van der Waals surface area contributed by atoms with E-state index in [-0.39, 0.29) is 6.42 Å². The Morgan fingerprint density at radius 1 is 1.60 bits per heavy atom. The van der Waals surface area contributed by atoms with Crippen molar-refractivity contribution in [2.24, 2.45) is 0 Å². The van der Waals surface area contributed by atoms with Crippen LogP contribution in [0.4, 0.5) is 0 Å². The van der Waals surface area contributed by atoms with Gasteiger partial charge in [-0.2, -0.15) is 0 Å². The molecule has 0 saturated heterocycles. The fourth-order valence-corrected chi connectivity index (χ4v) is 1.74. The quantitative estimate of drug-likeness (QED) is 0.872. The first-order valence-electron chi connectivity index (χ1n) is 4.28. The Labute approximate surface area is 95.6 Å². The molecule has 0 aliphatic rings.